The van der Waals surface area contributed by atoms with Crippen molar-refractivity contribution in [3.05, 3.63) is 72.3 Å². The molecule has 0 saturated heterocycles. The van der Waals surface area contributed by atoms with Crippen LogP contribution in [-0.4, -0.2) is 10.2 Å². The van der Waals surface area contributed by atoms with E-state index < -0.39 is 0 Å². The summed E-state index contributed by atoms with van der Waals surface area (Å²) in [5.41, 5.74) is 1.85. The van der Waals surface area contributed by atoms with Crippen molar-refractivity contribution in [2.45, 2.75) is 20.8 Å². The molecule has 0 heterocycles. The van der Waals surface area contributed by atoms with Crippen LogP contribution in [0.15, 0.2) is 61.2 Å². The first-order valence-corrected chi connectivity index (χ1v) is 6.09. The third-order valence-electron chi connectivity index (χ3n) is 2.23. The monoisotopic (exact) mass is 258 g/mol. The molecule has 0 radical (unpaired) electrons. The fraction of sp³-hybridized carbons (Fsp3) is 0.176. The van der Waals surface area contributed by atoms with Crippen LogP contribution >= 0.6 is 0 Å². The van der Waals surface area contributed by atoms with E-state index in [9.17, 15) is 0 Å². The second-order valence-electron chi connectivity index (χ2n) is 3.98. The number of aryl methyl sites for hydroxylation is 2. The number of aromatic hydroxyl groups is 2. The third kappa shape index (κ3) is 7.66. The quantitative estimate of drug-likeness (QED) is 0.678. The fourth-order valence-corrected chi connectivity index (χ4v) is 1.13. The van der Waals surface area contributed by atoms with Gasteiger partial charge >= 0.3 is 0 Å². The molecule has 2 N–H and O–H groups in total. The zero-order valence-corrected chi connectivity index (χ0v) is 11.8. The van der Waals surface area contributed by atoms with E-state index in [1.54, 1.807) is 18.2 Å². The fourth-order valence-electron chi connectivity index (χ4n) is 1.13. The largest absolute Gasteiger partial charge is 0.508 e. The SMILES string of the molecule is C=CC.Cc1ccccc1O.Cc1ccccc1O. The average Bonchev–Trinajstić information content (AvgIpc) is 2.38. The smallest absolute Gasteiger partial charge is 0.118 e. The lowest BCUT2D eigenvalue weighted by Gasteiger charge is -1.92. The molecular formula is C17H22O2. The van der Waals surface area contributed by atoms with Gasteiger partial charge in [0, 0.05) is 0 Å². The van der Waals surface area contributed by atoms with Gasteiger partial charge < -0.3 is 10.2 Å². The van der Waals surface area contributed by atoms with Crippen molar-refractivity contribution < 1.29 is 10.2 Å². The summed E-state index contributed by atoms with van der Waals surface area (Å²) in [5, 5.41) is 17.8. The van der Waals surface area contributed by atoms with Gasteiger partial charge in [-0.1, -0.05) is 42.5 Å². The second kappa shape index (κ2) is 9.77. The molecule has 2 rings (SSSR count). The first kappa shape index (κ1) is 16.8. The molecule has 0 bridgehead atoms. The molecule has 2 nitrogen and oxygen atoms in total. The lowest BCUT2D eigenvalue weighted by Crippen LogP contribution is -1.68. The lowest BCUT2D eigenvalue weighted by molar-refractivity contribution is 0.470. The number of allylic oxidation sites excluding steroid dienone is 1. The van der Waals surface area contributed by atoms with Crippen molar-refractivity contribution >= 4 is 0 Å². The molecule has 0 unspecified atom stereocenters. The number of para-hydroxylation sites is 2. The molecule has 19 heavy (non-hydrogen) atoms. The van der Waals surface area contributed by atoms with Gasteiger partial charge in [0.05, 0.1) is 0 Å². The summed E-state index contributed by atoms with van der Waals surface area (Å²) in [7, 11) is 0. The molecule has 0 aromatic heterocycles. The zero-order chi connectivity index (χ0) is 14.7. The number of phenols is 2. The van der Waals surface area contributed by atoms with Crippen LogP contribution in [0, 0.1) is 13.8 Å². The van der Waals surface area contributed by atoms with Crippen LogP contribution in [0.4, 0.5) is 0 Å². The van der Waals surface area contributed by atoms with E-state index in [1.165, 1.54) is 0 Å². The summed E-state index contributed by atoms with van der Waals surface area (Å²) in [5.74, 6) is 0.736. The van der Waals surface area contributed by atoms with Crippen LogP contribution in [-0.2, 0) is 0 Å². The maximum atomic E-state index is 8.92. The van der Waals surface area contributed by atoms with Crippen LogP contribution in [0.3, 0.4) is 0 Å². The maximum absolute atomic E-state index is 8.92. The molecule has 2 aromatic carbocycles. The van der Waals surface area contributed by atoms with Gasteiger partial charge in [-0.15, -0.1) is 6.58 Å². The Kier molecular flexibility index (Phi) is 8.63. The minimum absolute atomic E-state index is 0.368. The number of hydrogen-bond donors (Lipinski definition) is 2. The van der Waals surface area contributed by atoms with E-state index in [0.717, 1.165) is 11.1 Å². The van der Waals surface area contributed by atoms with E-state index >= 15 is 0 Å². The molecule has 0 saturated carbocycles. The van der Waals surface area contributed by atoms with E-state index in [1.807, 2.05) is 57.2 Å². The van der Waals surface area contributed by atoms with Crippen molar-refractivity contribution in [3.63, 3.8) is 0 Å². The summed E-state index contributed by atoms with van der Waals surface area (Å²) < 4.78 is 0. The molecule has 0 amide bonds. The lowest BCUT2D eigenvalue weighted by atomic mass is 10.2. The summed E-state index contributed by atoms with van der Waals surface area (Å²) in [6.45, 7) is 8.99. The van der Waals surface area contributed by atoms with Crippen molar-refractivity contribution in [3.8, 4) is 11.5 Å². The standard InChI is InChI=1S/2C7H8O.C3H6/c2*1-6-4-2-3-5-7(6)8;1-3-2/h2*2-5,8H,1H3;3H,1H2,2H3. The van der Waals surface area contributed by atoms with Gasteiger partial charge in [0.25, 0.3) is 0 Å². The van der Waals surface area contributed by atoms with Crippen molar-refractivity contribution in [1.82, 2.24) is 0 Å². The molecule has 2 aromatic rings. The van der Waals surface area contributed by atoms with Gasteiger partial charge in [0.2, 0.25) is 0 Å². The van der Waals surface area contributed by atoms with Crippen LogP contribution in [0.1, 0.15) is 18.1 Å². The van der Waals surface area contributed by atoms with E-state index in [-0.39, 0.29) is 0 Å². The molecule has 102 valence electrons. The number of phenolic OH excluding ortho intramolecular Hbond substituents is 2. The second-order valence-corrected chi connectivity index (χ2v) is 3.98. The van der Waals surface area contributed by atoms with E-state index in [4.69, 9.17) is 10.2 Å². The van der Waals surface area contributed by atoms with Gasteiger partial charge in [-0.25, -0.2) is 0 Å². The molecule has 0 atom stereocenters. The maximum Gasteiger partial charge on any atom is 0.118 e. The Morgan fingerprint density at radius 1 is 0.789 bits per heavy atom. The molecule has 0 aliphatic rings. The predicted molar refractivity (Wildman–Crippen MR) is 81.6 cm³/mol. The summed E-state index contributed by atoms with van der Waals surface area (Å²) in [6.07, 6.45) is 1.75. The Hall–Kier alpha value is -2.22. The highest BCUT2D eigenvalue weighted by molar-refractivity contribution is 5.30. The minimum atomic E-state index is 0.368. The topological polar surface area (TPSA) is 40.5 Å². The first-order valence-electron chi connectivity index (χ1n) is 6.09. The molecule has 0 fully saturated rings. The van der Waals surface area contributed by atoms with Crippen LogP contribution in [0.2, 0.25) is 0 Å². The zero-order valence-electron chi connectivity index (χ0n) is 11.8. The Balaban J connectivity index is 0.000000284. The molecular weight excluding hydrogens is 236 g/mol. The summed E-state index contributed by atoms with van der Waals surface area (Å²) in [6, 6.07) is 14.5. The molecule has 0 spiro atoms. The van der Waals surface area contributed by atoms with Crippen LogP contribution in [0.25, 0.3) is 0 Å². The predicted octanol–water partition coefficient (Wildman–Crippen LogP) is 4.59. The average molecular weight is 258 g/mol. The van der Waals surface area contributed by atoms with Crippen molar-refractivity contribution in [1.29, 1.82) is 0 Å². The molecule has 0 aliphatic carbocycles. The molecule has 0 aliphatic heterocycles. The van der Waals surface area contributed by atoms with Crippen LogP contribution < -0.4 is 0 Å². The van der Waals surface area contributed by atoms with Gasteiger partial charge in [0.15, 0.2) is 0 Å². The number of hydrogen-bond acceptors (Lipinski definition) is 2. The van der Waals surface area contributed by atoms with Crippen molar-refractivity contribution in [2.75, 3.05) is 0 Å². The van der Waals surface area contributed by atoms with E-state index in [2.05, 4.69) is 6.58 Å². The van der Waals surface area contributed by atoms with E-state index in [0.29, 0.717) is 11.5 Å². The highest BCUT2D eigenvalue weighted by Crippen LogP contribution is 2.12. The minimum Gasteiger partial charge on any atom is -0.508 e. The summed E-state index contributed by atoms with van der Waals surface area (Å²) in [4.78, 5) is 0. The Labute approximate surface area is 115 Å². The van der Waals surface area contributed by atoms with Gasteiger partial charge in [0.1, 0.15) is 11.5 Å². The highest BCUT2D eigenvalue weighted by Gasteiger charge is 1.87. The van der Waals surface area contributed by atoms with Crippen molar-refractivity contribution in [2.24, 2.45) is 0 Å². The first-order chi connectivity index (χ1) is 9.02. The normalized spacial score (nSPS) is 8.37. The van der Waals surface area contributed by atoms with Gasteiger partial charge in [-0.05, 0) is 44.0 Å². The Morgan fingerprint density at radius 2 is 1.05 bits per heavy atom. The van der Waals surface area contributed by atoms with Gasteiger partial charge in [-0.2, -0.15) is 0 Å². The molecule has 2 heteroatoms. The third-order valence-corrected chi connectivity index (χ3v) is 2.23. The Bertz CT molecular complexity index is 405. The van der Waals surface area contributed by atoms with Gasteiger partial charge in [-0.3, -0.25) is 0 Å². The number of benzene rings is 2. The summed E-state index contributed by atoms with van der Waals surface area (Å²) >= 11 is 0. The number of rotatable bonds is 0. The highest BCUT2D eigenvalue weighted by atomic mass is 16.3. The van der Waals surface area contributed by atoms with Crippen LogP contribution in [0.5, 0.6) is 11.5 Å². The Morgan fingerprint density at radius 3 is 1.21 bits per heavy atom.